The van der Waals surface area contributed by atoms with Crippen molar-refractivity contribution in [1.82, 2.24) is 4.57 Å². The molecule has 2 heterocycles. The molecule has 4 nitrogen and oxygen atoms in total. The highest BCUT2D eigenvalue weighted by Crippen LogP contribution is 2.38. The van der Waals surface area contributed by atoms with E-state index in [1.807, 2.05) is 6.07 Å². The average Bonchev–Trinajstić information content (AvgIpc) is 2.98. The average molecular weight is 375 g/mol. The number of benzene rings is 2. The minimum absolute atomic E-state index is 0.278. The second-order valence-electron chi connectivity index (χ2n) is 8.33. The van der Waals surface area contributed by atoms with Gasteiger partial charge in [-0.25, -0.2) is 4.79 Å². The van der Waals surface area contributed by atoms with Crippen LogP contribution in [0.2, 0.25) is 0 Å². The van der Waals surface area contributed by atoms with Crippen molar-refractivity contribution in [2.75, 3.05) is 0 Å². The molecular weight excluding hydrogens is 350 g/mol. The lowest BCUT2D eigenvalue weighted by atomic mass is 9.82. The molecule has 2 aliphatic rings. The normalized spacial score (nSPS) is 19.8. The first-order valence-corrected chi connectivity index (χ1v) is 10.3. The molecule has 0 radical (unpaired) electrons. The molecule has 0 saturated heterocycles. The van der Waals surface area contributed by atoms with Gasteiger partial charge in [0.1, 0.15) is 0 Å². The first-order valence-electron chi connectivity index (χ1n) is 10.3. The topological polar surface area (TPSA) is 62.5 Å². The number of aliphatic hydroxyl groups is 1. The number of aromatic nitrogens is 1. The van der Waals surface area contributed by atoms with Crippen LogP contribution in [0, 0.1) is 0 Å². The Morgan fingerprint density at radius 1 is 1.00 bits per heavy atom. The maximum atomic E-state index is 11.4. The molecule has 1 aliphatic carbocycles. The summed E-state index contributed by atoms with van der Waals surface area (Å²) in [5.41, 5.74) is 5.99. The van der Waals surface area contributed by atoms with Crippen molar-refractivity contribution in [2.45, 2.75) is 57.1 Å². The van der Waals surface area contributed by atoms with E-state index in [-0.39, 0.29) is 5.56 Å². The lowest BCUT2D eigenvalue weighted by Crippen LogP contribution is -2.16. The van der Waals surface area contributed by atoms with Crippen molar-refractivity contribution in [2.24, 2.45) is 0 Å². The van der Waals surface area contributed by atoms with Gasteiger partial charge >= 0.3 is 5.97 Å². The van der Waals surface area contributed by atoms with Gasteiger partial charge in [0.2, 0.25) is 0 Å². The van der Waals surface area contributed by atoms with E-state index in [0.717, 1.165) is 22.2 Å². The van der Waals surface area contributed by atoms with Crippen LogP contribution >= 0.6 is 0 Å². The van der Waals surface area contributed by atoms with Crippen LogP contribution < -0.4 is 0 Å². The number of carboxylic acids is 1. The number of nitrogens with zero attached hydrogens (tertiary/aromatic N) is 1. The smallest absolute Gasteiger partial charge is 0.335 e. The molecule has 1 unspecified atom stereocenters. The number of carboxylic acid groups (broad SMARTS) is 1. The van der Waals surface area contributed by atoms with Crippen LogP contribution in [0.5, 0.6) is 0 Å². The van der Waals surface area contributed by atoms with E-state index >= 15 is 0 Å². The fraction of sp³-hybridized carbons (Fsp3) is 0.375. The molecule has 1 aliphatic heterocycles. The third-order valence-electron chi connectivity index (χ3n) is 6.48. The molecule has 0 bridgehead atoms. The van der Waals surface area contributed by atoms with E-state index in [0.29, 0.717) is 18.9 Å². The maximum Gasteiger partial charge on any atom is 0.335 e. The number of aliphatic hydroxyl groups excluding tert-OH is 1. The lowest BCUT2D eigenvalue weighted by Gasteiger charge is -2.23. The van der Waals surface area contributed by atoms with Gasteiger partial charge in [-0.1, -0.05) is 43.5 Å². The van der Waals surface area contributed by atoms with Gasteiger partial charge in [0, 0.05) is 35.1 Å². The fourth-order valence-corrected chi connectivity index (χ4v) is 5.06. The first kappa shape index (κ1) is 17.5. The van der Waals surface area contributed by atoms with E-state index in [1.165, 1.54) is 43.2 Å². The summed E-state index contributed by atoms with van der Waals surface area (Å²) in [4.78, 5) is 11.4. The van der Waals surface area contributed by atoms with Crippen molar-refractivity contribution < 1.29 is 15.0 Å². The van der Waals surface area contributed by atoms with Gasteiger partial charge < -0.3 is 14.8 Å². The van der Waals surface area contributed by atoms with Gasteiger partial charge in [0.25, 0.3) is 0 Å². The number of carbonyl (C=O) groups is 1. The summed E-state index contributed by atoms with van der Waals surface area (Å²) in [7, 11) is 0. The highest BCUT2D eigenvalue weighted by atomic mass is 16.4. The molecule has 3 aromatic rings. The Balaban J connectivity index is 1.64. The van der Waals surface area contributed by atoms with Crippen LogP contribution in [0.3, 0.4) is 0 Å². The number of hydrogen-bond acceptors (Lipinski definition) is 2. The van der Waals surface area contributed by atoms with Crippen molar-refractivity contribution >= 4 is 16.9 Å². The van der Waals surface area contributed by atoms with E-state index in [4.69, 9.17) is 0 Å². The van der Waals surface area contributed by atoms with Crippen LogP contribution in [-0.4, -0.2) is 26.9 Å². The molecule has 5 rings (SSSR count). The Kier molecular flexibility index (Phi) is 4.24. The molecule has 2 N–H and O–H groups in total. The number of fused-ring (bicyclic) bond motifs is 5. The first-order chi connectivity index (χ1) is 13.6. The molecule has 1 atom stereocenters. The number of rotatable bonds is 2. The third kappa shape index (κ3) is 2.92. The Labute approximate surface area is 164 Å². The summed E-state index contributed by atoms with van der Waals surface area (Å²) in [6, 6.07) is 14.1. The number of hydrogen-bond donors (Lipinski definition) is 2. The highest BCUT2D eigenvalue weighted by molar-refractivity contribution is 5.95. The molecule has 144 valence electrons. The fourth-order valence-electron chi connectivity index (χ4n) is 5.06. The summed E-state index contributed by atoms with van der Waals surface area (Å²) in [6.07, 6.45) is 6.65. The molecule has 1 fully saturated rings. The molecule has 2 aromatic carbocycles. The van der Waals surface area contributed by atoms with E-state index in [1.54, 1.807) is 12.1 Å². The second kappa shape index (κ2) is 6.78. The van der Waals surface area contributed by atoms with E-state index in [9.17, 15) is 15.0 Å². The van der Waals surface area contributed by atoms with E-state index < -0.39 is 12.1 Å². The predicted molar refractivity (Wildman–Crippen MR) is 110 cm³/mol. The quantitative estimate of drug-likeness (QED) is 0.665. The zero-order valence-electron chi connectivity index (χ0n) is 15.9. The Morgan fingerprint density at radius 2 is 1.82 bits per heavy atom. The SMILES string of the molecule is O=C(O)c1ccc2cc3n(c2c1)CC(O)Cc1cc(C2CCCCC2)ccc1-3. The number of aromatic carboxylic acids is 1. The van der Waals surface area contributed by atoms with Crippen molar-refractivity contribution in [1.29, 1.82) is 0 Å². The largest absolute Gasteiger partial charge is 0.478 e. The predicted octanol–water partition coefficient (Wildman–Crippen LogP) is 4.97. The molecule has 1 saturated carbocycles. The molecule has 0 amide bonds. The summed E-state index contributed by atoms with van der Waals surface area (Å²) in [6.45, 7) is 0.481. The van der Waals surface area contributed by atoms with Crippen LogP contribution in [0.4, 0.5) is 0 Å². The molecule has 4 heteroatoms. The monoisotopic (exact) mass is 375 g/mol. The summed E-state index contributed by atoms with van der Waals surface area (Å²) >= 11 is 0. The van der Waals surface area contributed by atoms with Crippen LogP contribution in [-0.2, 0) is 13.0 Å². The third-order valence-corrected chi connectivity index (χ3v) is 6.48. The van der Waals surface area contributed by atoms with Crippen LogP contribution in [0.15, 0.2) is 42.5 Å². The minimum atomic E-state index is -0.927. The highest BCUT2D eigenvalue weighted by Gasteiger charge is 2.24. The maximum absolute atomic E-state index is 11.4. The van der Waals surface area contributed by atoms with Gasteiger partial charge in [-0.3, -0.25) is 0 Å². The molecular formula is C24H25NO3. The van der Waals surface area contributed by atoms with Gasteiger partial charge in [0.15, 0.2) is 0 Å². The molecule has 0 spiro atoms. The van der Waals surface area contributed by atoms with E-state index in [2.05, 4.69) is 28.8 Å². The van der Waals surface area contributed by atoms with Crippen LogP contribution in [0.1, 0.15) is 59.5 Å². The summed E-state index contributed by atoms with van der Waals surface area (Å²) < 4.78 is 2.08. The van der Waals surface area contributed by atoms with Crippen LogP contribution in [0.25, 0.3) is 22.2 Å². The standard InChI is InChI=1S/C24H25NO3/c26-20-11-19-10-16(15-4-2-1-3-5-15)8-9-21(19)23-12-17-6-7-18(24(27)28)13-22(17)25(23)14-20/h6-10,12-13,15,20,26H,1-5,11,14H2,(H,27,28). The Bertz CT molecular complexity index is 1060. The van der Waals surface area contributed by atoms with Gasteiger partial charge in [-0.05, 0) is 48.1 Å². The Hall–Kier alpha value is -2.59. The molecule has 1 aromatic heterocycles. The van der Waals surface area contributed by atoms with Crippen molar-refractivity contribution in [3.63, 3.8) is 0 Å². The zero-order valence-corrected chi connectivity index (χ0v) is 15.9. The summed E-state index contributed by atoms with van der Waals surface area (Å²) in [5, 5.41) is 21.1. The summed E-state index contributed by atoms with van der Waals surface area (Å²) in [5.74, 6) is -0.285. The van der Waals surface area contributed by atoms with Gasteiger partial charge in [-0.15, -0.1) is 0 Å². The zero-order chi connectivity index (χ0) is 19.3. The molecule has 28 heavy (non-hydrogen) atoms. The second-order valence-corrected chi connectivity index (χ2v) is 8.33. The van der Waals surface area contributed by atoms with Crippen molar-refractivity contribution in [3.05, 3.63) is 59.2 Å². The Morgan fingerprint density at radius 3 is 2.61 bits per heavy atom. The van der Waals surface area contributed by atoms with Gasteiger partial charge in [-0.2, -0.15) is 0 Å². The van der Waals surface area contributed by atoms with Crippen molar-refractivity contribution in [3.8, 4) is 11.3 Å². The van der Waals surface area contributed by atoms with Gasteiger partial charge in [0.05, 0.1) is 11.7 Å². The minimum Gasteiger partial charge on any atom is -0.478 e. The lowest BCUT2D eigenvalue weighted by molar-refractivity contribution is 0.0697.